The van der Waals surface area contributed by atoms with Gasteiger partial charge in [-0.1, -0.05) is 23.7 Å². The number of rotatable bonds is 3. The van der Waals surface area contributed by atoms with Crippen molar-refractivity contribution in [3.8, 4) is 5.75 Å². The summed E-state index contributed by atoms with van der Waals surface area (Å²) in [6.45, 7) is 0.342. The maximum Gasteiger partial charge on any atom is 0.322 e. The van der Waals surface area contributed by atoms with Gasteiger partial charge in [-0.15, -0.1) is 0 Å². The summed E-state index contributed by atoms with van der Waals surface area (Å²) in [4.78, 5) is 28.8. The number of hydrogen-bond donors (Lipinski definition) is 1. The van der Waals surface area contributed by atoms with Crippen molar-refractivity contribution < 1.29 is 14.3 Å². The highest BCUT2D eigenvalue weighted by Gasteiger charge is 2.43. The van der Waals surface area contributed by atoms with E-state index in [9.17, 15) is 9.59 Å². The SMILES string of the molecule is COc1ccc(N2CC3=C(C2=O)C(c2ccc(Cl)cc2)NC(=O)N3C)cc1. The molecule has 27 heavy (non-hydrogen) atoms. The van der Waals surface area contributed by atoms with Crippen molar-refractivity contribution in [1.29, 1.82) is 0 Å². The largest absolute Gasteiger partial charge is 0.497 e. The quantitative estimate of drug-likeness (QED) is 0.884. The van der Waals surface area contributed by atoms with Gasteiger partial charge in [-0.25, -0.2) is 4.79 Å². The van der Waals surface area contributed by atoms with E-state index in [1.165, 1.54) is 4.90 Å². The number of methoxy groups -OCH3 is 1. The van der Waals surface area contributed by atoms with Crippen LogP contribution in [0.15, 0.2) is 59.8 Å². The molecule has 4 rings (SSSR count). The molecule has 1 unspecified atom stereocenters. The van der Waals surface area contributed by atoms with Crippen LogP contribution in [0.4, 0.5) is 10.5 Å². The fraction of sp³-hybridized carbons (Fsp3) is 0.200. The van der Waals surface area contributed by atoms with Crippen LogP contribution in [0, 0.1) is 0 Å². The third kappa shape index (κ3) is 2.92. The molecular weight excluding hydrogens is 366 g/mol. The van der Waals surface area contributed by atoms with E-state index in [2.05, 4.69) is 5.32 Å². The highest BCUT2D eigenvalue weighted by atomic mass is 35.5. The lowest BCUT2D eigenvalue weighted by Crippen LogP contribution is -2.45. The van der Waals surface area contributed by atoms with Crippen molar-refractivity contribution in [2.24, 2.45) is 0 Å². The molecule has 0 fully saturated rings. The molecule has 6 nitrogen and oxygen atoms in total. The topological polar surface area (TPSA) is 61.9 Å². The molecule has 2 aliphatic heterocycles. The van der Waals surface area contributed by atoms with Crippen LogP contribution in [0.25, 0.3) is 0 Å². The van der Waals surface area contributed by atoms with Gasteiger partial charge >= 0.3 is 6.03 Å². The molecule has 1 N–H and O–H groups in total. The van der Waals surface area contributed by atoms with Crippen LogP contribution in [0.1, 0.15) is 11.6 Å². The monoisotopic (exact) mass is 383 g/mol. The Kier molecular flexibility index (Phi) is 4.28. The number of ether oxygens (including phenoxy) is 1. The third-order valence-corrected chi connectivity index (χ3v) is 5.20. The third-order valence-electron chi connectivity index (χ3n) is 4.95. The van der Waals surface area contributed by atoms with Crippen molar-refractivity contribution in [3.05, 3.63) is 70.4 Å². The number of benzene rings is 2. The number of carbonyl (C=O) groups excluding carboxylic acids is 2. The lowest BCUT2D eigenvalue weighted by molar-refractivity contribution is -0.114. The number of nitrogens with zero attached hydrogens (tertiary/aromatic N) is 2. The highest BCUT2D eigenvalue weighted by molar-refractivity contribution is 6.30. The minimum absolute atomic E-state index is 0.123. The smallest absolute Gasteiger partial charge is 0.322 e. The number of likely N-dealkylation sites (N-methyl/N-ethyl adjacent to an activating group) is 1. The fourth-order valence-corrected chi connectivity index (χ4v) is 3.57. The van der Waals surface area contributed by atoms with E-state index in [-0.39, 0.29) is 11.9 Å². The summed E-state index contributed by atoms with van der Waals surface area (Å²) in [6, 6.07) is 13.7. The van der Waals surface area contributed by atoms with Crippen LogP contribution >= 0.6 is 11.6 Å². The molecule has 0 spiro atoms. The molecule has 2 aromatic rings. The van der Waals surface area contributed by atoms with Gasteiger partial charge in [0, 0.05) is 17.8 Å². The molecular formula is C20H18ClN3O3. The Labute approximate surface area is 162 Å². The summed E-state index contributed by atoms with van der Waals surface area (Å²) in [5, 5.41) is 3.51. The van der Waals surface area contributed by atoms with Gasteiger partial charge in [0.2, 0.25) is 0 Å². The molecule has 2 aliphatic rings. The van der Waals surface area contributed by atoms with Crippen molar-refractivity contribution in [1.82, 2.24) is 10.2 Å². The maximum atomic E-state index is 13.2. The molecule has 0 saturated heterocycles. The van der Waals surface area contributed by atoms with E-state index >= 15 is 0 Å². The van der Waals surface area contributed by atoms with Crippen molar-refractivity contribution in [3.63, 3.8) is 0 Å². The molecule has 0 saturated carbocycles. The molecule has 138 valence electrons. The summed E-state index contributed by atoms with van der Waals surface area (Å²) < 4.78 is 5.18. The van der Waals surface area contributed by atoms with Crippen molar-refractivity contribution in [2.75, 3.05) is 25.6 Å². The Hall–Kier alpha value is -2.99. The van der Waals surface area contributed by atoms with Crippen LogP contribution in [-0.4, -0.2) is 37.5 Å². The van der Waals surface area contributed by atoms with E-state index in [1.54, 1.807) is 31.2 Å². The van der Waals surface area contributed by atoms with Crippen molar-refractivity contribution >= 4 is 29.2 Å². The van der Waals surface area contributed by atoms with Crippen LogP contribution in [0.5, 0.6) is 5.75 Å². The number of carbonyl (C=O) groups is 2. The number of hydrogen-bond acceptors (Lipinski definition) is 3. The Morgan fingerprint density at radius 3 is 2.37 bits per heavy atom. The molecule has 0 aromatic heterocycles. The van der Waals surface area contributed by atoms with E-state index in [1.807, 2.05) is 36.4 Å². The first-order valence-electron chi connectivity index (χ1n) is 8.48. The second-order valence-electron chi connectivity index (χ2n) is 6.44. The van der Waals surface area contributed by atoms with E-state index in [0.29, 0.717) is 22.8 Å². The zero-order valence-corrected chi connectivity index (χ0v) is 15.7. The van der Waals surface area contributed by atoms with Gasteiger partial charge in [-0.3, -0.25) is 9.69 Å². The Balaban J connectivity index is 1.72. The highest BCUT2D eigenvalue weighted by Crippen LogP contribution is 2.38. The standard InChI is InChI=1S/C20H18ClN3O3/c1-23-16-11-24(14-7-9-15(27-2)10-8-14)19(25)17(16)18(22-20(23)26)12-3-5-13(21)6-4-12/h3-10,18H,11H2,1-2H3,(H,22,26). The lowest BCUT2D eigenvalue weighted by Gasteiger charge is -2.31. The van der Waals surface area contributed by atoms with Gasteiger partial charge in [0.05, 0.1) is 31.0 Å². The Bertz CT molecular complexity index is 938. The van der Waals surface area contributed by atoms with Crippen LogP contribution in [0.3, 0.4) is 0 Å². The van der Waals surface area contributed by atoms with E-state index < -0.39 is 6.04 Å². The zero-order chi connectivity index (χ0) is 19.1. The van der Waals surface area contributed by atoms with Gasteiger partial charge < -0.3 is 15.0 Å². The molecule has 2 heterocycles. The van der Waals surface area contributed by atoms with Gasteiger partial charge in [-0.05, 0) is 42.0 Å². The average Bonchev–Trinajstić information content (AvgIpc) is 3.03. The average molecular weight is 384 g/mol. The summed E-state index contributed by atoms with van der Waals surface area (Å²) >= 11 is 5.98. The van der Waals surface area contributed by atoms with Crippen molar-refractivity contribution in [2.45, 2.75) is 6.04 Å². The fourth-order valence-electron chi connectivity index (χ4n) is 3.44. The number of nitrogens with one attached hydrogen (secondary N) is 1. The predicted octanol–water partition coefficient (Wildman–Crippen LogP) is 3.35. The predicted molar refractivity (Wildman–Crippen MR) is 103 cm³/mol. The van der Waals surface area contributed by atoms with Crippen LogP contribution in [0.2, 0.25) is 5.02 Å². The molecule has 0 bridgehead atoms. The Morgan fingerprint density at radius 1 is 1.07 bits per heavy atom. The van der Waals surface area contributed by atoms with Crippen LogP contribution < -0.4 is 15.0 Å². The number of amides is 3. The van der Waals surface area contributed by atoms with Gasteiger partial charge in [0.15, 0.2) is 0 Å². The summed E-state index contributed by atoms with van der Waals surface area (Å²) in [6.07, 6.45) is 0. The minimum atomic E-state index is -0.503. The molecule has 1 atom stereocenters. The molecule has 3 amide bonds. The summed E-state index contributed by atoms with van der Waals surface area (Å²) in [7, 11) is 3.27. The Morgan fingerprint density at radius 2 is 1.74 bits per heavy atom. The van der Waals surface area contributed by atoms with Gasteiger partial charge in [0.25, 0.3) is 5.91 Å². The minimum Gasteiger partial charge on any atom is -0.497 e. The van der Waals surface area contributed by atoms with E-state index in [4.69, 9.17) is 16.3 Å². The summed E-state index contributed by atoms with van der Waals surface area (Å²) in [5.41, 5.74) is 2.86. The number of urea groups is 1. The normalized spacial score (nSPS) is 19.3. The lowest BCUT2D eigenvalue weighted by atomic mass is 9.96. The zero-order valence-electron chi connectivity index (χ0n) is 14.9. The molecule has 7 heteroatoms. The summed E-state index contributed by atoms with van der Waals surface area (Å²) in [5.74, 6) is 0.595. The second kappa shape index (κ2) is 6.63. The van der Waals surface area contributed by atoms with Crippen LogP contribution in [-0.2, 0) is 4.79 Å². The first kappa shape index (κ1) is 17.4. The van der Waals surface area contributed by atoms with Gasteiger partial charge in [0.1, 0.15) is 5.75 Å². The molecule has 0 radical (unpaired) electrons. The maximum absolute atomic E-state index is 13.2. The second-order valence-corrected chi connectivity index (χ2v) is 6.88. The first-order chi connectivity index (χ1) is 13.0. The number of halogens is 1. The number of anilines is 1. The first-order valence-corrected chi connectivity index (χ1v) is 8.86. The molecule has 0 aliphatic carbocycles. The molecule has 2 aromatic carbocycles. The van der Waals surface area contributed by atoms with E-state index in [0.717, 1.165) is 17.0 Å². The van der Waals surface area contributed by atoms with Gasteiger partial charge in [-0.2, -0.15) is 0 Å².